The van der Waals surface area contributed by atoms with Gasteiger partial charge >= 0.3 is 6.18 Å². The second-order valence-corrected chi connectivity index (χ2v) is 11.3. The number of likely N-dealkylation sites (N-methyl/N-ethyl adjacent to an activating group) is 1. The van der Waals surface area contributed by atoms with Gasteiger partial charge in [0.15, 0.2) is 5.82 Å². The normalized spacial score (nSPS) is 18.0. The van der Waals surface area contributed by atoms with Crippen molar-refractivity contribution >= 4 is 22.7 Å². The third-order valence-corrected chi connectivity index (χ3v) is 8.22. The molecule has 5 rings (SSSR count). The number of rotatable bonds is 8. The summed E-state index contributed by atoms with van der Waals surface area (Å²) in [5.74, 6) is 0.641. The highest BCUT2D eigenvalue weighted by atomic mass is 19.4. The van der Waals surface area contributed by atoms with E-state index >= 15 is 0 Å². The number of aromatic nitrogens is 2. The number of nitrogens with one attached hydrogen (secondary N) is 3. The number of piperazine rings is 1. The first-order chi connectivity index (χ1) is 20.1. The molecule has 1 amide bonds. The summed E-state index contributed by atoms with van der Waals surface area (Å²) in [7, 11) is 1.90. The minimum Gasteiger partial charge on any atom is -0.390 e. The fraction of sp³-hybridized carbons (Fsp3) is 0.452. The Balaban J connectivity index is 1.14. The molecule has 2 fully saturated rings. The fourth-order valence-electron chi connectivity index (χ4n) is 5.82. The number of alkyl halides is 3. The molecule has 0 bridgehead atoms. The number of fused-ring (bicyclic) bond motifs is 1. The van der Waals surface area contributed by atoms with Gasteiger partial charge in [-0.1, -0.05) is 18.2 Å². The summed E-state index contributed by atoms with van der Waals surface area (Å²) in [6, 6.07) is 11.5. The predicted octanol–water partition coefficient (Wildman–Crippen LogP) is 4.86. The van der Waals surface area contributed by atoms with Gasteiger partial charge in [0.05, 0.1) is 16.6 Å². The number of halogens is 3. The Morgan fingerprint density at radius 1 is 1.05 bits per heavy atom. The van der Waals surface area contributed by atoms with Crippen LogP contribution in [0.3, 0.4) is 0 Å². The molecule has 0 saturated carbocycles. The molecule has 2 aromatic carbocycles. The van der Waals surface area contributed by atoms with E-state index in [-0.39, 0.29) is 5.91 Å². The Bertz CT molecular complexity index is 1430. The van der Waals surface area contributed by atoms with Crippen LogP contribution in [0.4, 0.5) is 13.2 Å². The number of hydrogen-bond donors (Lipinski definition) is 3. The maximum atomic E-state index is 13.2. The quantitative estimate of drug-likeness (QED) is 0.331. The van der Waals surface area contributed by atoms with Crippen LogP contribution in [0.1, 0.15) is 53.0 Å². The highest BCUT2D eigenvalue weighted by Crippen LogP contribution is 2.31. The lowest BCUT2D eigenvalue weighted by Gasteiger charge is -2.34. The number of amides is 1. The van der Waals surface area contributed by atoms with Crippen molar-refractivity contribution in [2.24, 2.45) is 0 Å². The first-order valence-corrected chi connectivity index (χ1v) is 14.4. The lowest BCUT2D eigenvalue weighted by Crippen LogP contribution is -2.48. The zero-order valence-corrected chi connectivity index (χ0v) is 24.1. The Kier molecular flexibility index (Phi) is 8.98. The SMILES string of the molecule is CN/C(=C\C(C)=N)CN1CCC(c2ccc3nc(C(=O)N4CCN(Cc5ccc(C(F)(F)F)cc5)CC4)[nH]c3c2)CC1. The van der Waals surface area contributed by atoms with E-state index < -0.39 is 11.7 Å². The number of imidazole rings is 1. The minimum atomic E-state index is -4.34. The first kappa shape index (κ1) is 29.8. The zero-order chi connectivity index (χ0) is 29.9. The van der Waals surface area contributed by atoms with Crippen molar-refractivity contribution < 1.29 is 18.0 Å². The maximum Gasteiger partial charge on any atom is 0.416 e. The zero-order valence-electron chi connectivity index (χ0n) is 24.1. The molecule has 0 atom stereocenters. The van der Waals surface area contributed by atoms with Crippen LogP contribution in [0.2, 0.25) is 0 Å². The lowest BCUT2D eigenvalue weighted by molar-refractivity contribution is -0.137. The molecule has 1 aromatic heterocycles. The van der Waals surface area contributed by atoms with E-state index in [4.69, 9.17) is 5.41 Å². The summed E-state index contributed by atoms with van der Waals surface area (Å²) >= 11 is 0. The molecule has 2 aliphatic heterocycles. The maximum absolute atomic E-state index is 13.2. The van der Waals surface area contributed by atoms with Crippen LogP contribution in [0, 0.1) is 5.41 Å². The van der Waals surface area contributed by atoms with Crippen molar-refractivity contribution in [2.45, 2.75) is 38.4 Å². The van der Waals surface area contributed by atoms with E-state index in [9.17, 15) is 18.0 Å². The van der Waals surface area contributed by atoms with Crippen molar-refractivity contribution in [1.82, 2.24) is 30.0 Å². The molecule has 0 spiro atoms. The Labute approximate surface area is 244 Å². The lowest BCUT2D eigenvalue weighted by atomic mass is 9.89. The largest absolute Gasteiger partial charge is 0.416 e. The second-order valence-electron chi connectivity index (χ2n) is 11.3. The van der Waals surface area contributed by atoms with E-state index in [1.165, 1.54) is 17.7 Å². The number of allylic oxidation sites excluding steroid dienone is 1. The van der Waals surface area contributed by atoms with E-state index in [1.807, 2.05) is 19.2 Å². The van der Waals surface area contributed by atoms with Gasteiger partial charge in [-0.15, -0.1) is 0 Å². The van der Waals surface area contributed by atoms with Gasteiger partial charge in [-0.25, -0.2) is 4.98 Å². The molecular formula is C31H38F3N7O. The number of hydrogen-bond acceptors (Lipinski definition) is 6. The van der Waals surface area contributed by atoms with Gasteiger partial charge in [-0.05, 0) is 80.2 Å². The molecule has 0 radical (unpaired) electrons. The molecule has 0 unspecified atom stereocenters. The Morgan fingerprint density at radius 2 is 1.74 bits per heavy atom. The molecular weight excluding hydrogens is 543 g/mol. The summed E-state index contributed by atoms with van der Waals surface area (Å²) in [5, 5.41) is 10.9. The molecule has 0 aliphatic carbocycles. The van der Waals surface area contributed by atoms with Crippen LogP contribution in [-0.4, -0.2) is 89.1 Å². The summed E-state index contributed by atoms with van der Waals surface area (Å²) in [6.45, 7) is 7.45. The van der Waals surface area contributed by atoms with E-state index in [0.29, 0.717) is 50.2 Å². The Morgan fingerprint density at radius 3 is 2.36 bits per heavy atom. The van der Waals surface area contributed by atoms with Gasteiger partial charge in [0.1, 0.15) is 0 Å². The highest BCUT2D eigenvalue weighted by molar-refractivity contribution is 5.94. The summed E-state index contributed by atoms with van der Waals surface area (Å²) in [6.07, 6.45) is -0.372. The summed E-state index contributed by atoms with van der Waals surface area (Å²) < 4.78 is 38.5. The third-order valence-electron chi connectivity index (χ3n) is 8.22. The number of likely N-dealkylation sites (tertiary alicyclic amines) is 1. The van der Waals surface area contributed by atoms with E-state index in [0.717, 1.165) is 66.9 Å². The molecule has 42 heavy (non-hydrogen) atoms. The molecule has 224 valence electrons. The number of benzene rings is 2. The predicted molar refractivity (Wildman–Crippen MR) is 158 cm³/mol. The number of carbonyl (C=O) groups is 1. The van der Waals surface area contributed by atoms with Gasteiger partial charge in [0.25, 0.3) is 5.91 Å². The fourth-order valence-corrected chi connectivity index (χ4v) is 5.82. The molecule has 3 N–H and O–H groups in total. The van der Waals surface area contributed by atoms with E-state index in [2.05, 4.69) is 37.2 Å². The highest BCUT2D eigenvalue weighted by Gasteiger charge is 2.30. The number of piperidine rings is 1. The van der Waals surface area contributed by atoms with Crippen molar-refractivity contribution in [1.29, 1.82) is 5.41 Å². The number of nitrogens with zero attached hydrogens (tertiary/aromatic N) is 4. The van der Waals surface area contributed by atoms with Gasteiger partial charge < -0.3 is 20.6 Å². The van der Waals surface area contributed by atoms with Crippen molar-refractivity contribution in [3.63, 3.8) is 0 Å². The number of H-pyrrole nitrogens is 1. The molecule has 8 nitrogen and oxygen atoms in total. The standard InChI is InChI=1S/C31H38F3N7O/c1-21(35)17-26(36-2)20-39-11-9-23(10-12-39)24-5-8-27-28(18-24)38-29(37-27)30(42)41-15-13-40(14-16-41)19-22-3-6-25(7-4-22)31(32,33)34/h3-8,17-18,23,35-36H,9-16,19-20H2,1-2H3,(H,37,38)/b26-17-,35-21?. The van der Waals surface area contributed by atoms with Crippen LogP contribution < -0.4 is 5.32 Å². The van der Waals surface area contributed by atoms with Crippen LogP contribution in [0.25, 0.3) is 11.0 Å². The van der Waals surface area contributed by atoms with Gasteiger partial charge in [0, 0.05) is 57.7 Å². The van der Waals surface area contributed by atoms with Crippen LogP contribution in [0.15, 0.2) is 54.2 Å². The van der Waals surface area contributed by atoms with Gasteiger partial charge in [-0.2, -0.15) is 13.2 Å². The van der Waals surface area contributed by atoms with Crippen LogP contribution in [-0.2, 0) is 12.7 Å². The second kappa shape index (κ2) is 12.7. The van der Waals surface area contributed by atoms with E-state index in [1.54, 1.807) is 11.8 Å². The van der Waals surface area contributed by atoms with Gasteiger partial charge in [0.2, 0.25) is 0 Å². The van der Waals surface area contributed by atoms with Gasteiger partial charge in [-0.3, -0.25) is 14.6 Å². The van der Waals surface area contributed by atoms with Crippen LogP contribution in [0.5, 0.6) is 0 Å². The van der Waals surface area contributed by atoms with Crippen molar-refractivity contribution in [2.75, 3.05) is 52.9 Å². The topological polar surface area (TPSA) is 91.3 Å². The molecule has 2 saturated heterocycles. The summed E-state index contributed by atoms with van der Waals surface area (Å²) in [4.78, 5) is 27.4. The number of aromatic amines is 1. The Hall–Kier alpha value is -3.70. The monoisotopic (exact) mass is 581 g/mol. The van der Waals surface area contributed by atoms with Crippen molar-refractivity contribution in [3.05, 3.63) is 76.8 Å². The van der Waals surface area contributed by atoms with Crippen LogP contribution >= 0.6 is 0 Å². The third kappa shape index (κ3) is 7.19. The first-order valence-electron chi connectivity index (χ1n) is 14.4. The average Bonchev–Trinajstić information content (AvgIpc) is 3.40. The molecule has 3 aromatic rings. The smallest absolute Gasteiger partial charge is 0.390 e. The van der Waals surface area contributed by atoms with Crippen molar-refractivity contribution in [3.8, 4) is 0 Å². The molecule has 11 heteroatoms. The molecule has 2 aliphatic rings. The number of carbonyl (C=O) groups excluding carboxylic acids is 1. The average molecular weight is 582 g/mol. The summed E-state index contributed by atoms with van der Waals surface area (Å²) in [5.41, 5.74) is 4.65. The minimum absolute atomic E-state index is 0.135. The molecule has 3 heterocycles.